The summed E-state index contributed by atoms with van der Waals surface area (Å²) in [7, 11) is 1.74. The summed E-state index contributed by atoms with van der Waals surface area (Å²) >= 11 is 0. The number of piperidine rings is 1. The predicted molar refractivity (Wildman–Crippen MR) is 89.9 cm³/mol. The van der Waals surface area contributed by atoms with E-state index >= 15 is 0 Å². The first kappa shape index (κ1) is 20.7. The molecule has 0 aromatic carbocycles. The van der Waals surface area contributed by atoms with E-state index in [-0.39, 0.29) is 29.1 Å². The molecular weight excluding hydrogens is 288 g/mol. The highest BCUT2D eigenvalue weighted by atomic mass is 35.5. The molecule has 0 spiro atoms. The summed E-state index contributed by atoms with van der Waals surface area (Å²) in [5, 5.41) is 6.55. The quantitative estimate of drug-likeness (QED) is 0.758. The van der Waals surface area contributed by atoms with Gasteiger partial charge in [-0.15, -0.1) is 12.4 Å². The maximum atomic E-state index is 12.4. The van der Waals surface area contributed by atoms with E-state index in [4.69, 9.17) is 4.74 Å². The van der Waals surface area contributed by atoms with E-state index in [0.29, 0.717) is 5.92 Å². The minimum atomic E-state index is -0.296. The standard InChI is InChI=1S/C16H32N2O2.ClH/c1-13(2)10-15(3,4)14(19)18-11-16(12-20-5)6-8-17-9-7-16;/h13,17H,6-12H2,1-5H3,(H,18,19);1H. The van der Waals surface area contributed by atoms with E-state index in [1.165, 1.54) is 0 Å². The molecule has 0 radical (unpaired) electrons. The van der Waals surface area contributed by atoms with Crippen LogP contribution in [0.2, 0.25) is 0 Å². The lowest BCUT2D eigenvalue weighted by Gasteiger charge is -2.38. The molecule has 21 heavy (non-hydrogen) atoms. The molecule has 1 rings (SSSR count). The van der Waals surface area contributed by atoms with Crippen LogP contribution in [0.1, 0.15) is 47.0 Å². The molecule has 1 fully saturated rings. The summed E-state index contributed by atoms with van der Waals surface area (Å²) in [6.45, 7) is 11.9. The third-order valence-electron chi connectivity index (χ3n) is 4.27. The van der Waals surface area contributed by atoms with Gasteiger partial charge < -0.3 is 15.4 Å². The molecule has 0 aromatic rings. The van der Waals surface area contributed by atoms with E-state index in [1.54, 1.807) is 7.11 Å². The van der Waals surface area contributed by atoms with E-state index < -0.39 is 0 Å². The van der Waals surface area contributed by atoms with E-state index in [2.05, 4.69) is 24.5 Å². The zero-order valence-electron chi connectivity index (χ0n) is 14.3. The topological polar surface area (TPSA) is 50.4 Å². The number of rotatable bonds is 7. The van der Waals surface area contributed by atoms with Crippen molar-refractivity contribution in [1.29, 1.82) is 0 Å². The van der Waals surface area contributed by atoms with Gasteiger partial charge in [-0.2, -0.15) is 0 Å². The normalized spacial score (nSPS) is 18.2. The molecule has 0 aromatic heterocycles. The lowest BCUT2D eigenvalue weighted by molar-refractivity contribution is -0.131. The average molecular weight is 321 g/mol. The molecule has 1 saturated heterocycles. The van der Waals surface area contributed by atoms with Crippen LogP contribution in [-0.4, -0.2) is 39.3 Å². The van der Waals surface area contributed by atoms with Crippen LogP contribution in [0.5, 0.6) is 0 Å². The molecule has 1 heterocycles. The molecule has 0 atom stereocenters. The van der Waals surface area contributed by atoms with Crippen molar-refractivity contribution in [2.24, 2.45) is 16.7 Å². The maximum Gasteiger partial charge on any atom is 0.225 e. The van der Waals surface area contributed by atoms with Crippen molar-refractivity contribution in [3.05, 3.63) is 0 Å². The number of carbonyl (C=O) groups is 1. The van der Waals surface area contributed by atoms with Crippen molar-refractivity contribution in [1.82, 2.24) is 10.6 Å². The zero-order chi connectivity index (χ0) is 15.2. The summed E-state index contributed by atoms with van der Waals surface area (Å²) in [4.78, 5) is 12.4. The monoisotopic (exact) mass is 320 g/mol. The van der Waals surface area contributed by atoms with E-state index in [0.717, 1.165) is 45.5 Å². The molecular formula is C16H33ClN2O2. The minimum absolute atomic E-state index is 0. The Balaban J connectivity index is 0.00000400. The molecule has 5 heteroatoms. The zero-order valence-corrected chi connectivity index (χ0v) is 15.1. The smallest absolute Gasteiger partial charge is 0.225 e. The van der Waals surface area contributed by atoms with E-state index in [1.807, 2.05) is 13.8 Å². The van der Waals surface area contributed by atoms with Crippen LogP contribution in [0.25, 0.3) is 0 Å². The van der Waals surface area contributed by atoms with Crippen molar-refractivity contribution in [2.75, 3.05) is 33.4 Å². The summed E-state index contributed by atoms with van der Waals surface area (Å²) in [5.41, 5.74) is -0.196. The number of ether oxygens (including phenoxy) is 1. The van der Waals surface area contributed by atoms with Gasteiger partial charge in [-0.3, -0.25) is 4.79 Å². The van der Waals surface area contributed by atoms with Gasteiger partial charge in [-0.05, 0) is 38.3 Å². The fraction of sp³-hybridized carbons (Fsp3) is 0.938. The number of nitrogens with one attached hydrogen (secondary N) is 2. The van der Waals surface area contributed by atoms with Crippen LogP contribution >= 0.6 is 12.4 Å². The molecule has 1 aliphatic heterocycles. The molecule has 0 saturated carbocycles. The number of halogens is 1. The van der Waals surface area contributed by atoms with Crippen LogP contribution < -0.4 is 10.6 Å². The van der Waals surface area contributed by atoms with Crippen LogP contribution in [0.4, 0.5) is 0 Å². The number of methoxy groups -OCH3 is 1. The summed E-state index contributed by atoms with van der Waals surface area (Å²) in [6.07, 6.45) is 3.04. The molecule has 1 amide bonds. The third-order valence-corrected chi connectivity index (χ3v) is 4.27. The van der Waals surface area contributed by atoms with Gasteiger partial charge in [-0.1, -0.05) is 27.7 Å². The number of amides is 1. The first-order valence-corrected chi connectivity index (χ1v) is 7.79. The van der Waals surface area contributed by atoms with Crippen molar-refractivity contribution in [2.45, 2.75) is 47.0 Å². The number of hydrogen-bond donors (Lipinski definition) is 2. The van der Waals surface area contributed by atoms with Gasteiger partial charge in [0.25, 0.3) is 0 Å². The Kier molecular flexibility index (Phi) is 8.83. The van der Waals surface area contributed by atoms with Crippen molar-refractivity contribution < 1.29 is 9.53 Å². The molecule has 0 bridgehead atoms. The summed E-state index contributed by atoms with van der Waals surface area (Å²) < 4.78 is 5.39. The van der Waals surface area contributed by atoms with Crippen molar-refractivity contribution in [3.8, 4) is 0 Å². The molecule has 0 aliphatic carbocycles. The highest BCUT2D eigenvalue weighted by Crippen LogP contribution is 2.30. The second-order valence-corrected chi connectivity index (χ2v) is 7.35. The SMILES string of the molecule is COCC1(CNC(=O)C(C)(C)CC(C)C)CCNCC1.Cl. The fourth-order valence-corrected chi connectivity index (χ4v) is 3.26. The van der Waals surface area contributed by atoms with Gasteiger partial charge in [-0.25, -0.2) is 0 Å². The minimum Gasteiger partial charge on any atom is -0.384 e. The van der Waals surface area contributed by atoms with Crippen LogP contribution in [0, 0.1) is 16.7 Å². The van der Waals surface area contributed by atoms with Gasteiger partial charge in [0.1, 0.15) is 0 Å². The second-order valence-electron chi connectivity index (χ2n) is 7.35. The highest BCUT2D eigenvalue weighted by Gasteiger charge is 2.35. The maximum absolute atomic E-state index is 12.4. The lowest BCUT2D eigenvalue weighted by atomic mass is 9.78. The molecule has 2 N–H and O–H groups in total. The number of carbonyl (C=O) groups excluding carboxylic acids is 1. The molecule has 4 nitrogen and oxygen atoms in total. The Morgan fingerprint density at radius 2 is 1.90 bits per heavy atom. The molecule has 1 aliphatic rings. The lowest BCUT2D eigenvalue weighted by Crippen LogP contribution is -2.49. The van der Waals surface area contributed by atoms with Gasteiger partial charge >= 0.3 is 0 Å². The largest absolute Gasteiger partial charge is 0.384 e. The Hall–Kier alpha value is -0.320. The van der Waals surface area contributed by atoms with Crippen LogP contribution in [0.3, 0.4) is 0 Å². The Labute approximate surface area is 136 Å². The van der Waals surface area contributed by atoms with Gasteiger partial charge in [0.05, 0.1) is 6.61 Å². The van der Waals surface area contributed by atoms with Gasteiger partial charge in [0, 0.05) is 24.5 Å². The van der Waals surface area contributed by atoms with E-state index in [9.17, 15) is 4.79 Å². The second kappa shape index (κ2) is 8.96. The highest BCUT2D eigenvalue weighted by molar-refractivity contribution is 5.85. The predicted octanol–water partition coefficient (Wildman–Crippen LogP) is 2.61. The Bertz CT molecular complexity index is 308. The Morgan fingerprint density at radius 1 is 1.33 bits per heavy atom. The first-order chi connectivity index (χ1) is 9.31. The van der Waals surface area contributed by atoms with Crippen LogP contribution in [-0.2, 0) is 9.53 Å². The van der Waals surface area contributed by atoms with Gasteiger partial charge in [0.2, 0.25) is 5.91 Å². The third kappa shape index (κ3) is 6.54. The summed E-state index contributed by atoms with van der Waals surface area (Å²) in [6, 6.07) is 0. The van der Waals surface area contributed by atoms with Crippen LogP contribution in [0.15, 0.2) is 0 Å². The Morgan fingerprint density at radius 3 is 2.38 bits per heavy atom. The fourth-order valence-electron chi connectivity index (χ4n) is 3.26. The first-order valence-electron chi connectivity index (χ1n) is 7.79. The van der Waals surface area contributed by atoms with Gasteiger partial charge in [0.15, 0.2) is 0 Å². The molecule has 126 valence electrons. The number of hydrogen-bond acceptors (Lipinski definition) is 3. The van der Waals surface area contributed by atoms with Crippen molar-refractivity contribution >= 4 is 18.3 Å². The summed E-state index contributed by atoms with van der Waals surface area (Å²) in [5.74, 6) is 0.697. The van der Waals surface area contributed by atoms with Crippen molar-refractivity contribution in [3.63, 3.8) is 0 Å². The average Bonchev–Trinajstić information content (AvgIpc) is 2.36. The molecule has 0 unspecified atom stereocenters.